The maximum absolute atomic E-state index is 11.1. The highest BCUT2D eigenvalue weighted by Crippen LogP contribution is 2.21. The van der Waals surface area contributed by atoms with Crippen LogP contribution >= 0.6 is 11.3 Å². The lowest BCUT2D eigenvalue weighted by Crippen LogP contribution is -2.38. The molecule has 1 fully saturated rings. The molecule has 19 heavy (non-hydrogen) atoms. The Morgan fingerprint density at radius 1 is 1.63 bits per heavy atom. The number of carboxylic acid groups (broad SMARTS) is 1. The van der Waals surface area contributed by atoms with Crippen LogP contribution in [0.3, 0.4) is 0 Å². The topological polar surface area (TPSA) is 43.8 Å². The lowest BCUT2D eigenvalue weighted by Gasteiger charge is -2.27. The molecule has 2 heterocycles. The maximum atomic E-state index is 11.1. The summed E-state index contributed by atoms with van der Waals surface area (Å²) in [6, 6.07) is 2.55. The van der Waals surface area contributed by atoms with Crippen molar-refractivity contribution in [3.63, 3.8) is 0 Å². The highest BCUT2D eigenvalue weighted by molar-refractivity contribution is 7.12. The quantitative estimate of drug-likeness (QED) is 0.870. The molecule has 1 aromatic rings. The van der Waals surface area contributed by atoms with Gasteiger partial charge in [0.15, 0.2) is 0 Å². The van der Waals surface area contributed by atoms with Crippen LogP contribution in [-0.2, 0) is 6.54 Å². The van der Waals surface area contributed by atoms with Crippen molar-refractivity contribution < 1.29 is 9.90 Å². The van der Waals surface area contributed by atoms with Gasteiger partial charge in [-0.3, -0.25) is 4.90 Å². The zero-order valence-electron chi connectivity index (χ0n) is 11.6. The molecule has 1 saturated heterocycles. The van der Waals surface area contributed by atoms with E-state index in [1.807, 2.05) is 11.4 Å². The summed E-state index contributed by atoms with van der Waals surface area (Å²) < 4.78 is 0. The van der Waals surface area contributed by atoms with Gasteiger partial charge < -0.3 is 10.0 Å². The van der Waals surface area contributed by atoms with E-state index in [1.165, 1.54) is 30.7 Å². The second kappa shape index (κ2) is 6.50. The Labute approximate surface area is 118 Å². The molecule has 1 aliphatic rings. The van der Waals surface area contributed by atoms with Crippen molar-refractivity contribution in [3.05, 3.63) is 21.9 Å². The first-order valence-electron chi connectivity index (χ1n) is 6.84. The molecule has 0 radical (unpaired) electrons. The molecule has 4 nitrogen and oxygen atoms in total. The van der Waals surface area contributed by atoms with Crippen molar-refractivity contribution in [2.45, 2.75) is 32.4 Å². The van der Waals surface area contributed by atoms with Crippen LogP contribution in [0.15, 0.2) is 11.4 Å². The monoisotopic (exact) mass is 282 g/mol. The summed E-state index contributed by atoms with van der Waals surface area (Å²) >= 11 is 1.31. The van der Waals surface area contributed by atoms with E-state index in [-0.39, 0.29) is 0 Å². The molecule has 106 valence electrons. The van der Waals surface area contributed by atoms with Gasteiger partial charge in [-0.05, 0) is 50.0 Å². The number of carbonyl (C=O) groups is 1. The fraction of sp³-hybridized carbons (Fsp3) is 0.643. The van der Waals surface area contributed by atoms with Gasteiger partial charge in [0.05, 0.1) is 0 Å². The largest absolute Gasteiger partial charge is 0.477 e. The third kappa shape index (κ3) is 3.55. The van der Waals surface area contributed by atoms with Crippen LogP contribution in [0.25, 0.3) is 0 Å². The van der Waals surface area contributed by atoms with Gasteiger partial charge in [-0.2, -0.15) is 0 Å². The smallest absolute Gasteiger partial charge is 0.346 e. The predicted octanol–water partition coefficient (Wildman–Crippen LogP) is 2.36. The Bertz CT molecular complexity index is 433. The molecule has 5 heteroatoms. The number of likely N-dealkylation sites (N-methyl/N-ethyl adjacent to an activating group) is 2. The number of nitrogens with zero attached hydrogens (tertiary/aromatic N) is 2. The fourth-order valence-corrected chi connectivity index (χ4v) is 3.63. The molecule has 2 rings (SSSR count). The first-order valence-corrected chi connectivity index (χ1v) is 7.72. The second-order valence-corrected chi connectivity index (χ2v) is 6.12. The van der Waals surface area contributed by atoms with E-state index in [1.54, 1.807) is 0 Å². The van der Waals surface area contributed by atoms with E-state index in [4.69, 9.17) is 5.11 Å². The number of hydrogen-bond donors (Lipinski definition) is 1. The van der Waals surface area contributed by atoms with Crippen LogP contribution in [0.2, 0.25) is 0 Å². The van der Waals surface area contributed by atoms with Crippen molar-refractivity contribution in [1.82, 2.24) is 9.80 Å². The van der Waals surface area contributed by atoms with Crippen LogP contribution < -0.4 is 0 Å². The molecule has 0 aromatic carbocycles. The number of likely N-dealkylation sites (tertiary alicyclic amines) is 1. The Morgan fingerprint density at radius 2 is 2.42 bits per heavy atom. The highest BCUT2D eigenvalue weighted by atomic mass is 32.1. The molecule has 0 bridgehead atoms. The van der Waals surface area contributed by atoms with E-state index in [0.29, 0.717) is 10.9 Å². The lowest BCUT2D eigenvalue weighted by molar-refractivity contribution is 0.0700. The molecule has 1 N–H and O–H groups in total. The number of thiophene rings is 1. The first kappa shape index (κ1) is 14.5. The Morgan fingerprint density at radius 3 is 3.11 bits per heavy atom. The standard InChI is InChI=1S/C14H22N2O2S/c1-3-16-7-4-5-12(16)10-15(2)9-11-6-8-19-13(11)14(17)18/h6,8,12H,3-5,7,9-10H2,1-2H3,(H,17,18). The number of rotatable bonds is 6. The molecule has 0 spiro atoms. The summed E-state index contributed by atoms with van der Waals surface area (Å²) in [5, 5.41) is 11.0. The average Bonchev–Trinajstić information content (AvgIpc) is 2.97. The van der Waals surface area contributed by atoms with Gasteiger partial charge in [0.1, 0.15) is 4.88 Å². The zero-order chi connectivity index (χ0) is 13.8. The molecule has 1 aliphatic heterocycles. The van der Waals surface area contributed by atoms with Gasteiger partial charge >= 0.3 is 5.97 Å². The summed E-state index contributed by atoms with van der Waals surface area (Å²) in [4.78, 5) is 16.3. The molecule has 0 aliphatic carbocycles. The molecule has 1 aromatic heterocycles. The molecule has 1 unspecified atom stereocenters. The van der Waals surface area contributed by atoms with E-state index in [9.17, 15) is 4.79 Å². The van der Waals surface area contributed by atoms with E-state index in [0.717, 1.165) is 25.2 Å². The van der Waals surface area contributed by atoms with Crippen molar-refractivity contribution >= 4 is 17.3 Å². The third-order valence-corrected chi connectivity index (χ3v) is 4.75. The van der Waals surface area contributed by atoms with Crippen LogP contribution in [0.5, 0.6) is 0 Å². The van der Waals surface area contributed by atoms with Gasteiger partial charge in [0, 0.05) is 19.1 Å². The Hall–Kier alpha value is -0.910. The Kier molecular flexibility index (Phi) is 4.96. The third-order valence-electron chi connectivity index (χ3n) is 3.81. The molecular formula is C14H22N2O2S. The van der Waals surface area contributed by atoms with Crippen LogP contribution in [0, 0.1) is 0 Å². The Balaban J connectivity index is 1.92. The molecule has 0 saturated carbocycles. The highest BCUT2D eigenvalue weighted by Gasteiger charge is 2.24. The minimum Gasteiger partial charge on any atom is -0.477 e. The van der Waals surface area contributed by atoms with Gasteiger partial charge in [-0.15, -0.1) is 11.3 Å². The van der Waals surface area contributed by atoms with Crippen molar-refractivity contribution in [3.8, 4) is 0 Å². The summed E-state index contributed by atoms with van der Waals surface area (Å²) in [5.41, 5.74) is 0.932. The number of carboxylic acids is 1. The lowest BCUT2D eigenvalue weighted by atomic mass is 10.2. The minimum absolute atomic E-state index is 0.477. The second-order valence-electron chi connectivity index (χ2n) is 5.20. The van der Waals surface area contributed by atoms with Crippen LogP contribution in [0.1, 0.15) is 35.0 Å². The van der Waals surface area contributed by atoms with Crippen LogP contribution in [0.4, 0.5) is 0 Å². The summed E-state index contributed by atoms with van der Waals surface area (Å²) in [5.74, 6) is -0.811. The van der Waals surface area contributed by atoms with E-state index >= 15 is 0 Å². The van der Waals surface area contributed by atoms with Gasteiger partial charge in [-0.1, -0.05) is 6.92 Å². The predicted molar refractivity (Wildman–Crippen MR) is 77.9 cm³/mol. The maximum Gasteiger partial charge on any atom is 0.346 e. The first-order chi connectivity index (χ1) is 9.11. The minimum atomic E-state index is -0.811. The summed E-state index contributed by atoms with van der Waals surface area (Å²) in [6.07, 6.45) is 2.54. The molecule has 0 amide bonds. The SMILES string of the molecule is CCN1CCCC1CN(C)Cc1ccsc1C(=O)O. The molecular weight excluding hydrogens is 260 g/mol. The van der Waals surface area contributed by atoms with Gasteiger partial charge in [-0.25, -0.2) is 4.79 Å². The summed E-state index contributed by atoms with van der Waals surface area (Å²) in [7, 11) is 2.08. The van der Waals surface area contributed by atoms with Gasteiger partial charge in [0.25, 0.3) is 0 Å². The normalized spacial score (nSPS) is 20.3. The fourth-order valence-electron chi connectivity index (χ4n) is 2.88. The number of aromatic carboxylic acids is 1. The van der Waals surface area contributed by atoms with Crippen molar-refractivity contribution in [2.75, 3.05) is 26.7 Å². The average molecular weight is 282 g/mol. The van der Waals surface area contributed by atoms with Crippen LogP contribution in [-0.4, -0.2) is 53.6 Å². The van der Waals surface area contributed by atoms with Crippen molar-refractivity contribution in [1.29, 1.82) is 0 Å². The van der Waals surface area contributed by atoms with Crippen molar-refractivity contribution in [2.24, 2.45) is 0 Å². The summed E-state index contributed by atoms with van der Waals surface area (Å²) in [6.45, 7) is 6.26. The zero-order valence-corrected chi connectivity index (χ0v) is 12.4. The van der Waals surface area contributed by atoms with E-state index < -0.39 is 5.97 Å². The molecule has 1 atom stereocenters. The van der Waals surface area contributed by atoms with Gasteiger partial charge in [0.2, 0.25) is 0 Å². The number of hydrogen-bond acceptors (Lipinski definition) is 4. The van der Waals surface area contributed by atoms with E-state index in [2.05, 4.69) is 23.8 Å².